The largest absolute Gasteiger partial charge is 0.0948 e. The highest BCUT2D eigenvalue weighted by Crippen LogP contribution is 2.43. The third-order valence-corrected chi connectivity index (χ3v) is 4.31. The Morgan fingerprint density at radius 3 is 1.76 bits per heavy atom. The van der Waals surface area contributed by atoms with Crippen molar-refractivity contribution >= 4 is 17.2 Å². The average Bonchev–Trinajstić information content (AvgIpc) is 3.15. The van der Waals surface area contributed by atoms with Crippen LogP contribution in [0.2, 0.25) is 0 Å². The molecule has 0 saturated carbocycles. The second kappa shape index (κ2) is 4.93. The molecule has 1 heteroatoms. The number of hydrogen-bond acceptors (Lipinski definition) is 0. The number of fused-ring (bicyclic) bond motifs is 3. The van der Waals surface area contributed by atoms with E-state index in [1.54, 1.807) is 0 Å². The number of benzene rings is 2. The lowest BCUT2D eigenvalue weighted by Gasteiger charge is -2.02. The molecule has 2 aromatic rings. The van der Waals surface area contributed by atoms with Gasteiger partial charge in [-0.2, -0.15) is 0 Å². The molecule has 2 aliphatic carbocycles. The van der Waals surface area contributed by atoms with Gasteiger partial charge in [-0.25, -0.2) is 0 Å². The summed E-state index contributed by atoms with van der Waals surface area (Å²) in [7, 11) is 0. The van der Waals surface area contributed by atoms with Crippen molar-refractivity contribution in [2.75, 3.05) is 0 Å². The molecular weight excluding hydrogens is 276 g/mol. The molecule has 21 heavy (non-hydrogen) atoms. The molecule has 2 aromatic carbocycles. The smallest absolute Gasteiger partial charge is 0.0711 e. The van der Waals surface area contributed by atoms with Crippen molar-refractivity contribution in [3.05, 3.63) is 94.7 Å². The van der Waals surface area contributed by atoms with Gasteiger partial charge in [0, 0.05) is 11.5 Å². The Morgan fingerprint density at radius 2 is 1.24 bits per heavy atom. The molecule has 0 aliphatic heterocycles. The van der Waals surface area contributed by atoms with Crippen molar-refractivity contribution in [3.8, 4) is 11.1 Å². The van der Waals surface area contributed by atoms with E-state index in [2.05, 4.69) is 66.4 Å². The minimum atomic E-state index is 0.152. The van der Waals surface area contributed by atoms with E-state index in [1.807, 2.05) is 12.2 Å². The number of rotatable bonds is 1. The zero-order valence-electron chi connectivity index (χ0n) is 11.4. The first-order valence-corrected chi connectivity index (χ1v) is 7.43. The predicted octanol–water partition coefficient (Wildman–Crippen LogP) is 5.56. The van der Waals surface area contributed by atoms with E-state index < -0.39 is 0 Å². The summed E-state index contributed by atoms with van der Waals surface area (Å²) in [5.74, 6) is 0.152. The molecule has 0 aromatic heterocycles. The van der Waals surface area contributed by atoms with Crippen molar-refractivity contribution < 1.29 is 0 Å². The van der Waals surface area contributed by atoms with Gasteiger partial charge in [-0.05, 0) is 22.3 Å². The molecule has 0 amide bonds. The Kier molecular flexibility index (Phi) is 2.93. The van der Waals surface area contributed by atoms with E-state index >= 15 is 0 Å². The van der Waals surface area contributed by atoms with Gasteiger partial charge in [0.2, 0.25) is 0 Å². The van der Waals surface area contributed by atoms with Crippen LogP contribution in [0.1, 0.15) is 11.1 Å². The van der Waals surface area contributed by atoms with Gasteiger partial charge in [-0.3, -0.25) is 0 Å². The van der Waals surface area contributed by atoms with Gasteiger partial charge in [0.15, 0.2) is 0 Å². The highest BCUT2D eigenvalue weighted by Gasteiger charge is 2.22. The standard InChI is InChI=1S/C20H13Cl/c21-20(14-7-1-2-8-14)13-19-17-11-5-3-9-15(17)16-10-4-6-12-18(16)19/h1-12,14H. The van der Waals surface area contributed by atoms with Crippen molar-refractivity contribution in [2.24, 2.45) is 5.92 Å². The summed E-state index contributed by atoms with van der Waals surface area (Å²) in [5, 5.41) is 0.738. The molecule has 0 N–H and O–H groups in total. The Hall–Kier alpha value is -2.27. The van der Waals surface area contributed by atoms with Crippen molar-refractivity contribution in [1.82, 2.24) is 0 Å². The number of allylic oxidation sites excluding steroid dienone is 5. The molecule has 0 fully saturated rings. The van der Waals surface area contributed by atoms with Crippen LogP contribution in [-0.4, -0.2) is 0 Å². The molecule has 0 atom stereocenters. The summed E-state index contributed by atoms with van der Waals surface area (Å²) >= 11 is 6.48. The van der Waals surface area contributed by atoms with E-state index in [0.717, 1.165) is 10.6 Å². The van der Waals surface area contributed by atoms with Crippen molar-refractivity contribution in [3.63, 3.8) is 0 Å². The molecule has 0 unspecified atom stereocenters. The SMILES string of the molecule is ClC(=C=C1c2ccccc2-c2ccccc21)C1C=CC=C1. The summed E-state index contributed by atoms with van der Waals surface area (Å²) in [6, 6.07) is 16.9. The fraction of sp³-hybridized carbons (Fsp3) is 0.0500. The van der Waals surface area contributed by atoms with Gasteiger partial charge in [0.25, 0.3) is 0 Å². The minimum absolute atomic E-state index is 0.152. The van der Waals surface area contributed by atoms with Crippen LogP contribution in [0.25, 0.3) is 16.7 Å². The lowest BCUT2D eigenvalue weighted by atomic mass is 10.0. The molecule has 0 bridgehead atoms. The van der Waals surface area contributed by atoms with Crippen molar-refractivity contribution in [2.45, 2.75) is 0 Å². The van der Waals surface area contributed by atoms with Gasteiger partial charge in [-0.15, -0.1) is 0 Å². The Labute approximate surface area is 129 Å². The van der Waals surface area contributed by atoms with Gasteiger partial charge < -0.3 is 0 Å². The summed E-state index contributed by atoms with van der Waals surface area (Å²) in [6.45, 7) is 0. The Balaban J connectivity index is 1.99. The van der Waals surface area contributed by atoms with Crippen LogP contribution in [0, 0.1) is 5.92 Å². The third kappa shape index (κ3) is 2.01. The van der Waals surface area contributed by atoms with E-state index in [-0.39, 0.29) is 5.92 Å². The molecule has 0 radical (unpaired) electrons. The Morgan fingerprint density at radius 1 is 0.762 bits per heavy atom. The van der Waals surface area contributed by atoms with Crippen LogP contribution in [0.3, 0.4) is 0 Å². The molecule has 0 heterocycles. The fourth-order valence-electron chi connectivity index (χ4n) is 2.96. The van der Waals surface area contributed by atoms with Crippen LogP contribution < -0.4 is 0 Å². The summed E-state index contributed by atoms with van der Waals surface area (Å²) in [6.07, 6.45) is 8.22. The van der Waals surface area contributed by atoms with Crippen molar-refractivity contribution in [1.29, 1.82) is 0 Å². The highest BCUT2D eigenvalue weighted by molar-refractivity contribution is 6.30. The maximum atomic E-state index is 6.48. The van der Waals surface area contributed by atoms with Crippen LogP contribution in [0.15, 0.2) is 83.6 Å². The van der Waals surface area contributed by atoms with Gasteiger partial charge in [-0.1, -0.05) is 90.2 Å². The zero-order chi connectivity index (χ0) is 14.2. The predicted molar refractivity (Wildman–Crippen MR) is 89.0 cm³/mol. The van der Waals surface area contributed by atoms with Crippen LogP contribution in [0.5, 0.6) is 0 Å². The van der Waals surface area contributed by atoms with Crippen LogP contribution >= 0.6 is 11.6 Å². The minimum Gasteiger partial charge on any atom is -0.0948 e. The van der Waals surface area contributed by atoms with Crippen LogP contribution in [0.4, 0.5) is 0 Å². The number of hydrogen-bond donors (Lipinski definition) is 0. The average molecular weight is 289 g/mol. The quantitative estimate of drug-likeness (QED) is 0.514. The second-order valence-electron chi connectivity index (χ2n) is 5.23. The maximum Gasteiger partial charge on any atom is 0.0711 e. The van der Waals surface area contributed by atoms with Gasteiger partial charge >= 0.3 is 0 Å². The Bertz CT molecular complexity index is 786. The van der Waals surface area contributed by atoms with Crippen LogP contribution in [-0.2, 0) is 0 Å². The molecular formula is C20H13Cl. The van der Waals surface area contributed by atoms with E-state index in [9.17, 15) is 0 Å². The molecule has 0 spiro atoms. The highest BCUT2D eigenvalue weighted by atomic mass is 35.5. The van der Waals surface area contributed by atoms with E-state index in [4.69, 9.17) is 11.6 Å². The first-order chi connectivity index (χ1) is 10.3. The topological polar surface area (TPSA) is 0 Å². The normalized spacial score (nSPS) is 15.0. The first kappa shape index (κ1) is 12.5. The molecule has 100 valence electrons. The van der Waals surface area contributed by atoms with E-state index in [1.165, 1.54) is 22.3 Å². The summed E-state index contributed by atoms with van der Waals surface area (Å²) in [5.41, 5.74) is 9.47. The second-order valence-corrected chi connectivity index (χ2v) is 5.64. The lowest BCUT2D eigenvalue weighted by Crippen LogP contribution is -1.88. The maximum absolute atomic E-state index is 6.48. The number of halogens is 1. The molecule has 0 saturated heterocycles. The molecule has 0 nitrogen and oxygen atoms in total. The fourth-order valence-corrected chi connectivity index (χ4v) is 3.20. The third-order valence-electron chi connectivity index (χ3n) is 3.97. The zero-order valence-corrected chi connectivity index (χ0v) is 12.1. The monoisotopic (exact) mass is 288 g/mol. The first-order valence-electron chi connectivity index (χ1n) is 7.05. The van der Waals surface area contributed by atoms with Gasteiger partial charge in [0.1, 0.15) is 0 Å². The summed E-state index contributed by atoms with van der Waals surface area (Å²) in [4.78, 5) is 0. The van der Waals surface area contributed by atoms with Gasteiger partial charge in [0.05, 0.1) is 5.03 Å². The lowest BCUT2D eigenvalue weighted by molar-refractivity contribution is 1.07. The van der Waals surface area contributed by atoms with E-state index in [0.29, 0.717) is 0 Å². The molecule has 4 rings (SSSR count). The molecule has 2 aliphatic rings. The summed E-state index contributed by atoms with van der Waals surface area (Å²) < 4.78 is 0.